The zero-order valence-electron chi connectivity index (χ0n) is 12.9. The van der Waals surface area contributed by atoms with E-state index in [4.69, 9.17) is 9.84 Å². The number of hydrogen-bond acceptors (Lipinski definition) is 4. The number of hydrogen-bond donors (Lipinski definition) is 1. The number of aliphatic hydroxyl groups is 1. The van der Waals surface area contributed by atoms with Gasteiger partial charge in [-0.2, -0.15) is 0 Å². The van der Waals surface area contributed by atoms with Gasteiger partial charge in [0.25, 0.3) is 10.0 Å². The Hall–Kier alpha value is -2.75. The van der Waals surface area contributed by atoms with Crippen LogP contribution in [0.4, 0.5) is 0 Å². The van der Waals surface area contributed by atoms with E-state index in [-0.39, 0.29) is 11.5 Å². The molecule has 0 fully saturated rings. The molecule has 0 aliphatic heterocycles. The molecule has 1 N–H and O–H groups in total. The number of nitrogens with zero attached hydrogens (tertiary/aromatic N) is 1. The molecule has 5 nitrogen and oxygen atoms in total. The molecule has 0 spiro atoms. The van der Waals surface area contributed by atoms with Crippen molar-refractivity contribution in [1.29, 1.82) is 0 Å². The smallest absolute Gasteiger partial charge is 0.268 e. The van der Waals surface area contributed by atoms with Gasteiger partial charge in [-0.25, -0.2) is 12.4 Å². The molecule has 0 radical (unpaired) electrons. The van der Waals surface area contributed by atoms with E-state index in [1.54, 1.807) is 48.5 Å². The van der Waals surface area contributed by atoms with E-state index >= 15 is 0 Å². The molecule has 0 saturated carbocycles. The summed E-state index contributed by atoms with van der Waals surface area (Å²) < 4.78 is 32.3. The van der Waals surface area contributed by atoms with Gasteiger partial charge in [0.15, 0.2) is 0 Å². The molecule has 1 aromatic heterocycles. The van der Waals surface area contributed by atoms with Crippen molar-refractivity contribution in [3.63, 3.8) is 0 Å². The fourth-order valence-electron chi connectivity index (χ4n) is 2.45. The van der Waals surface area contributed by atoms with Crippen LogP contribution >= 0.6 is 0 Å². The highest BCUT2D eigenvalue weighted by molar-refractivity contribution is 7.90. The van der Waals surface area contributed by atoms with E-state index in [9.17, 15) is 8.42 Å². The van der Waals surface area contributed by atoms with Crippen LogP contribution in [0.3, 0.4) is 0 Å². The first-order chi connectivity index (χ1) is 11.6. The third kappa shape index (κ3) is 2.75. The van der Waals surface area contributed by atoms with Gasteiger partial charge in [0, 0.05) is 11.6 Å². The van der Waals surface area contributed by atoms with Crippen molar-refractivity contribution in [3.8, 4) is 17.6 Å². The SMILES string of the molecule is COc1ccc2c(c1)c(C#CCO)cn2S(=O)(=O)c1ccccc1. The molecule has 0 atom stereocenters. The van der Waals surface area contributed by atoms with Gasteiger partial charge in [-0.1, -0.05) is 30.0 Å². The van der Waals surface area contributed by atoms with E-state index in [0.29, 0.717) is 22.2 Å². The number of fused-ring (bicyclic) bond motifs is 1. The first-order valence-corrected chi connectivity index (χ1v) is 8.61. The van der Waals surface area contributed by atoms with Crippen LogP contribution < -0.4 is 4.74 Å². The molecule has 0 amide bonds. The van der Waals surface area contributed by atoms with Crippen LogP contribution in [0.25, 0.3) is 10.9 Å². The molecule has 0 saturated heterocycles. The molecule has 3 rings (SSSR count). The van der Waals surface area contributed by atoms with Crippen molar-refractivity contribution in [1.82, 2.24) is 3.97 Å². The summed E-state index contributed by atoms with van der Waals surface area (Å²) in [5.74, 6) is 5.95. The fourth-order valence-corrected chi connectivity index (χ4v) is 3.84. The normalized spacial score (nSPS) is 11.1. The monoisotopic (exact) mass is 341 g/mol. The number of aromatic nitrogens is 1. The quantitative estimate of drug-likeness (QED) is 0.742. The van der Waals surface area contributed by atoms with Crippen molar-refractivity contribution in [3.05, 3.63) is 60.3 Å². The summed E-state index contributed by atoms with van der Waals surface area (Å²) in [5.41, 5.74) is 1.01. The van der Waals surface area contributed by atoms with Gasteiger partial charge in [-0.3, -0.25) is 0 Å². The Morgan fingerprint density at radius 3 is 2.58 bits per heavy atom. The molecule has 0 bridgehead atoms. The number of rotatable bonds is 3. The second-order valence-corrected chi connectivity index (χ2v) is 6.81. The van der Waals surface area contributed by atoms with Crippen molar-refractivity contribution in [2.75, 3.05) is 13.7 Å². The predicted octanol–water partition coefficient (Wildman–Crippen LogP) is 2.23. The van der Waals surface area contributed by atoms with Gasteiger partial charge < -0.3 is 9.84 Å². The van der Waals surface area contributed by atoms with Gasteiger partial charge in [0.1, 0.15) is 12.4 Å². The second-order valence-electron chi connectivity index (χ2n) is 5.00. The first-order valence-electron chi connectivity index (χ1n) is 7.17. The van der Waals surface area contributed by atoms with Crippen LogP contribution in [0.1, 0.15) is 5.56 Å². The zero-order valence-corrected chi connectivity index (χ0v) is 13.7. The van der Waals surface area contributed by atoms with Crippen LogP contribution in [0.15, 0.2) is 59.6 Å². The molecule has 6 heteroatoms. The van der Waals surface area contributed by atoms with Crippen molar-refractivity contribution in [2.45, 2.75) is 4.90 Å². The maximum atomic E-state index is 12.9. The summed E-state index contributed by atoms with van der Waals surface area (Å²) in [7, 11) is -2.20. The number of benzene rings is 2. The summed E-state index contributed by atoms with van der Waals surface area (Å²) >= 11 is 0. The van der Waals surface area contributed by atoms with Crippen LogP contribution in [0.2, 0.25) is 0 Å². The van der Waals surface area contributed by atoms with Gasteiger partial charge in [0.05, 0.1) is 23.1 Å². The second kappa shape index (κ2) is 6.40. The third-order valence-electron chi connectivity index (χ3n) is 3.58. The van der Waals surface area contributed by atoms with Crippen molar-refractivity contribution < 1.29 is 18.3 Å². The number of aliphatic hydroxyl groups excluding tert-OH is 1. The lowest BCUT2D eigenvalue weighted by Crippen LogP contribution is -2.11. The lowest BCUT2D eigenvalue weighted by Gasteiger charge is -2.07. The molecule has 0 aliphatic rings. The molecule has 0 unspecified atom stereocenters. The first kappa shape index (κ1) is 16.1. The minimum atomic E-state index is -3.74. The topological polar surface area (TPSA) is 68.5 Å². The van der Waals surface area contributed by atoms with E-state index in [0.717, 1.165) is 0 Å². The Morgan fingerprint density at radius 2 is 1.92 bits per heavy atom. The molecule has 24 heavy (non-hydrogen) atoms. The van der Waals surface area contributed by atoms with E-state index in [1.165, 1.54) is 17.3 Å². The summed E-state index contributed by atoms with van der Waals surface area (Å²) in [4.78, 5) is 0.194. The Morgan fingerprint density at radius 1 is 1.17 bits per heavy atom. The molecule has 1 heterocycles. The molecule has 2 aromatic carbocycles. The fraction of sp³-hybridized carbons (Fsp3) is 0.111. The van der Waals surface area contributed by atoms with Crippen LogP contribution in [-0.4, -0.2) is 31.2 Å². The molecular weight excluding hydrogens is 326 g/mol. The highest BCUT2D eigenvalue weighted by atomic mass is 32.2. The Balaban J connectivity index is 2.29. The average molecular weight is 341 g/mol. The minimum Gasteiger partial charge on any atom is -0.497 e. The molecular formula is C18H15NO4S. The van der Waals surface area contributed by atoms with Crippen molar-refractivity contribution >= 4 is 20.9 Å². The lowest BCUT2D eigenvalue weighted by atomic mass is 10.2. The Bertz CT molecular complexity index is 1040. The van der Waals surface area contributed by atoms with Crippen LogP contribution in [0.5, 0.6) is 5.75 Å². The van der Waals surface area contributed by atoms with Crippen LogP contribution in [-0.2, 0) is 10.0 Å². The predicted molar refractivity (Wildman–Crippen MR) is 91.5 cm³/mol. The highest BCUT2D eigenvalue weighted by Crippen LogP contribution is 2.28. The Labute approximate surface area is 140 Å². The zero-order chi connectivity index (χ0) is 17.2. The standard InChI is InChI=1S/C18H15NO4S/c1-23-15-9-10-18-17(12-15)14(6-5-11-20)13-19(18)24(21,22)16-7-3-2-4-8-16/h2-4,7-10,12-13,20H,11H2,1H3. The summed E-state index contributed by atoms with van der Waals surface area (Å²) in [5, 5.41) is 9.57. The minimum absolute atomic E-state index is 0.194. The number of ether oxygens (including phenoxy) is 1. The van der Waals surface area contributed by atoms with E-state index < -0.39 is 10.0 Å². The molecule has 3 aromatic rings. The van der Waals surface area contributed by atoms with Crippen molar-refractivity contribution in [2.24, 2.45) is 0 Å². The lowest BCUT2D eigenvalue weighted by molar-refractivity contribution is 0.350. The Kier molecular flexibility index (Phi) is 4.30. The molecule has 0 aliphatic carbocycles. The van der Waals surface area contributed by atoms with Gasteiger partial charge in [-0.05, 0) is 30.3 Å². The van der Waals surface area contributed by atoms with Crippen LogP contribution in [0, 0.1) is 11.8 Å². The van der Waals surface area contributed by atoms with E-state index in [2.05, 4.69) is 11.8 Å². The highest BCUT2D eigenvalue weighted by Gasteiger charge is 2.20. The average Bonchev–Trinajstić information content (AvgIpc) is 2.99. The van der Waals surface area contributed by atoms with Gasteiger partial charge in [0.2, 0.25) is 0 Å². The number of methoxy groups -OCH3 is 1. The maximum absolute atomic E-state index is 12.9. The third-order valence-corrected chi connectivity index (χ3v) is 5.27. The summed E-state index contributed by atoms with van der Waals surface area (Å²) in [6.07, 6.45) is 1.47. The maximum Gasteiger partial charge on any atom is 0.268 e. The largest absolute Gasteiger partial charge is 0.497 e. The van der Waals surface area contributed by atoms with Gasteiger partial charge >= 0.3 is 0 Å². The van der Waals surface area contributed by atoms with Gasteiger partial charge in [-0.15, -0.1) is 0 Å². The summed E-state index contributed by atoms with van der Waals surface area (Å²) in [6, 6.07) is 13.3. The van der Waals surface area contributed by atoms with E-state index in [1.807, 2.05) is 0 Å². The summed E-state index contributed by atoms with van der Waals surface area (Å²) in [6.45, 7) is -0.303. The molecule has 122 valence electrons.